The molecule has 2 heterocycles. The van der Waals surface area contributed by atoms with Gasteiger partial charge in [-0.3, -0.25) is 9.78 Å². The molecular weight excluding hydrogens is 160 g/mol. The Morgan fingerprint density at radius 1 is 1.08 bits per heavy atom. The topological polar surface area (TPSA) is 91.5 Å². The summed E-state index contributed by atoms with van der Waals surface area (Å²) in [4.78, 5) is 33.4. The molecule has 2 rings (SSSR count). The number of nitrogens with zero attached hydrogens (tertiary/aromatic N) is 2. The van der Waals surface area contributed by atoms with Crippen molar-refractivity contribution in [2.24, 2.45) is 0 Å². The zero-order chi connectivity index (χ0) is 8.55. The second kappa shape index (κ2) is 2.26. The predicted octanol–water partition coefficient (Wildman–Crippen LogP) is -0.994. The van der Waals surface area contributed by atoms with Gasteiger partial charge in [0.05, 0.1) is 12.4 Å². The zero-order valence-electron chi connectivity index (χ0n) is 5.87. The maximum atomic E-state index is 10.7. The number of nitrogens with one attached hydrogen (secondary N) is 2. The van der Waals surface area contributed by atoms with Gasteiger partial charge in [0.25, 0.3) is 5.56 Å². The highest BCUT2D eigenvalue weighted by Gasteiger charge is 1.95. The molecule has 0 bridgehead atoms. The number of hydrogen-bond donors (Lipinski definition) is 2. The lowest BCUT2D eigenvalue weighted by Crippen LogP contribution is -2.13. The summed E-state index contributed by atoms with van der Waals surface area (Å²) in [5.41, 5.74) is -0.0601. The number of aromatic nitrogens is 4. The second-order valence-corrected chi connectivity index (χ2v) is 2.20. The first kappa shape index (κ1) is 6.71. The molecule has 6 heteroatoms. The third-order valence-corrected chi connectivity index (χ3v) is 1.36. The van der Waals surface area contributed by atoms with Gasteiger partial charge in [0.2, 0.25) is 0 Å². The van der Waals surface area contributed by atoms with Crippen LogP contribution in [0.25, 0.3) is 11.2 Å². The molecule has 60 valence electrons. The van der Waals surface area contributed by atoms with Gasteiger partial charge in [0, 0.05) is 0 Å². The van der Waals surface area contributed by atoms with Crippen molar-refractivity contribution in [1.82, 2.24) is 19.9 Å². The molecule has 12 heavy (non-hydrogen) atoms. The standard InChI is InChI=1S/C6H4N4O2/c11-4-2-7-5-3(9-4)1-8-6(12)10-5/h1-2H,(H,9,11)(H,7,8,10,12). The van der Waals surface area contributed by atoms with Crippen molar-refractivity contribution in [1.29, 1.82) is 0 Å². The van der Waals surface area contributed by atoms with E-state index in [1.54, 1.807) is 0 Å². The first-order valence-electron chi connectivity index (χ1n) is 3.20. The van der Waals surface area contributed by atoms with Gasteiger partial charge in [-0.2, -0.15) is 4.98 Å². The lowest BCUT2D eigenvalue weighted by atomic mass is 10.5. The summed E-state index contributed by atoms with van der Waals surface area (Å²) in [5.74, 6) is 0. The smallest absolute Gasteiger partial charge is 0.317 e. The minimum Gasteiger partial charge on any atom is -0.317 e. The van der Waals surface area contributed by atoms with Crippen LogP contribution in [0.2, 0.25) is 0 Å². The molecule has 0 fully saturated rings. The number of H-pyrrole nitrogens is 2. The van der Waals surface area contributed by atoms with Crippen molar-refractivity contribution in [2.75, 3.05) is 0 Å². The average molecular weight is 164 g/mol. The van der Waals surface area contributed by atoms with Crippen LogP contribution in [0, 0.1) is 0 Å². The van der Waals surface area contributed by atoms with Crippen LogP contribution >= 0.6 is 0 Å². The Hall–Kier alpha value is -1.98. The van der Waals surface area contributed by atoms with Crippen molar-refractivity contribution in [3.8, 4) is 0 Å². The molecule has 2 aromatic heterocycles. The number of rotatable bonds is 0. The van der Waals surface area contributed by atoms with Gasteiger partial charge < -0.3 is 4.98 Å². The molecular formula is C6H4N4O2. The molecule has 2 N–H and O–H groups in total. The van der Waals surface area contributed by atoms with Gasteiger partial charge >= 0.3 is 5.69 Å². The normalized spacial score (nSPS) is 10.3. The average Bonchev–Trinajstić information content (AvgIpc) is 2.05. The molecule has 0 aliphatic heterocycles. The maximum Gasteiger partial charge on any atom is 0.346 e. The highest BCUT2D eigenvalue weighted by molar-refractivity contribution is 5.66. The summed E-state index contributed by atoms with van der Waals surface area (Å²) < 4.78 is 0. The largest absolute Gasteiger partial charge is 0.346 e. The maximum absolute atomic E-state index is 10.7. The summed E-state index contributed by atoms with van der Waals surface area (Å²) >= 11 is 0. The van der Waals surface area contributed by atoms with E-state index >= 15 is 0 Å². The molecule has 0 amide bonds. The Balaban J connectivity index is 2.97. The Kier molecular flexibility index (Phi) is 1.26. The molecule has 0 atom stereocenters. The van der Waals surface area contributed by atoms with Crippen molar-refractivity contribution in [3.63, 3.8) is 0 Å². The molecule has 0 saturated heterocycles. The lowest BCUT2D eigenvalue weighted by molar-refractivity contribution is 1.06. The van der Waals surface area contributed by atoms with E-state index in [4.69, 9.17) is 0 Å². The van der Waals surface area contributed by atoms with E-state index in [0.29, 0.717) is 11.2 Å². The minimum atomic E-state index is -0.484. The summed E-state index contributed by atoms with van der Waals surface area (Å²) in [6, 6.07) is 0. The lowest BCUT2D eigenvalue weighted by Gasteiger charge is -1.91. The van der Waals surface area contributed by atoms with Crippen LogP contribution in [0.3, 0.4) is 0 Å². The SMILES string of the molecule is O=c1cnc2[nH]c(=O)ncc2[nH]1. The predicted molar refractivity (Wildman–Crippen MR) is 40.8 cm³/mol. The first-order valence-corrected chi connectivity index (χ1v) is 3.20. The summed E-state index contributed by atoms with van der Waals surface area (Å²) in [6.07, 6.45) is 2.36. The highest BCUT2D eigenvalue weighted by atomic mass is 16.1. The number of fused-ring (bicyclic) bond motifs is 1. The molecule has 0 saturated carbocycles. The van der Waals surface area contributed by atoms with E-state index in [1.807, 2.05) is 0 Å². The van der Waals surface area contributed by atoms with Crippen molar-refractivity contribution in [3.05, 3.63) is 33.2 Å². The fourth-order valence-corrected chi connectivity index (χ4v) is 0.867. The van der Waals surface area contributed by atoms with Crippen molar-refractivity contribution in [2.45, 2.75) is 0 Å². The molecule has 0 aliphatic carbocycles. The van der Waals surface area contributed by atoms with E-state index in [0.717, 1.165) is 6.20 Å². The molecule has 6 nitrogen and oxygen atoms in total. The molecule has 2 aromatic rings. The Morgan fingerprint density at radius 2 is 1.92 bits per heavy atom. The second-order valence-electron chi connectivity index (χ2n) is 2.20. The molecule has 0 aromatic carbocycles. The minimum absolute atomic E-state index is 0.323. The summed E-state index contributed by atoms with van der Waals surface area (Å²) in [7, 11) is 0. The Labute approximate surface area is 65.3 Å². The summed E-state index contributed by atoms with van der Waals surface area (Å²) in [5, 5.41) is 0. The zero-order valence-corrected chi connectivity index (χ0v) is 5.87. The van der Waals surface area contributed by atoms with E-state index in [2.05, 4.69) is 19.9 Å². The van der Waals surface area contributed by atoms with Crippen LogP contribution in [0.5, 0.6) is 0 Å². The Bertz CT molecular complexity index is 477. The van der Waals surface area contributed by atoms with Gasteiger partial charge in [-0.25, -0.2) is 9.78 Å². The van der Waals surface area contributed by atoms with Crippen LogP contribution in [-0.4, -0.2) is 19.9 Å². The van der Waals surface area contributed by atoms with Crippen LogP contribution in [-0.2, 0) is 0 Å². The monoisotopic (exact) mass is 164 g/mol. The third kappa shape index (κ3) is 0.986. The first-order chi connectivity index (χ1) is 5.75. The molecule has 0 spiro atoms. The number of aromatic amines is 2. The third-order valence-electron chi connectivity index (χ3n) is 1.36. The van der Waals surface area contributed by atoms with Crippen molar-refractivity contribution < 1.29 is 0 Å². The highest BCUT2D eigenvalue weighted by Crippen LogP contribution is 1.94. The van der Waals surface area contributed by atoms with E-state index < -0.39 is 5.69 Å². The van der Waals surface area contributed by atoms with Crippen LogP contribution in [0.1, 0.15) is 0 Å². The molecule has 0 aliphatic rings. The fraction of sp³-hybridized carbons (Fsp3) is 0. The van der Waals surface area contributed by atoms with Gasteiger partial charge in [-0.15, -0.1) is 0 Å². The fourth-order valence-electron chi connectivity index (χ4n) is 0.867. The van der Waals surface area contributed by atoms with Crippen LogP contribution in [0.15, 0.2) is 22.0 Å². The van der Waals surface area contributed by atoms with E-state index in [-0.39, 0.29) is 5.56 Å². The van der Waals surface area contributed by atoms with Crippen LogP contribution in [0.4, 0.5) is 0 Å². The Morgan fingerprint density at radius 3 is 2.75 bits per heavy atom. The van der Waals surface area contributed by atoms with E-state index in [9.17, 15) is 9.59 Å². The van der Waals surface area contributed by atoms with Crippen LogP contribution < -0.4 is 11.2 Å². The van der Waals surface area contributed by atoms with Gasteiger partial charge in [0.15, 0.2) is 5.65 Å². The number of hydrogen-bond acceptors (Lipinski definition) is 4. The van der Waals surface area contributed by atoms with Crippen molar-refractivity contribution >= 4 is 11.2 Å². The molecule has 0 unspecified atom stereocenters. The van der Waals surface area contributed by atoms with Gasteiger partial charge in [-0.1, -0.05) is 0 Å². The quantitative estimate of drug-likeness (QED) is 0.522. The van der Waals surface area contributed by atoms with E-state index in [1.165, 1.54) is 6.20 Å². The molecule has 0 radical (unpaired) electrons. The summed E-state index contributed by atoms with van der Waals surface area (Å²) in [6.45, 7) is 0. The van der Waals surface area contributed by atoms with Gasteiger partial charge in [-0.05, 0) is 0 Å². The van der Waals surface area contributed by atoms with Gasteiger partial charge in [0.1, 0.15) is 5.52 Å².